The summed E-state index contributed by atoms with van der Waals surface area (Å²) in [5.41, 5.74) is 2.16. The standard InChI is InChI=1S/C17H21N3O2/c1-13-4-2-3-5-14(13)12-16(21)19-15-7-10-20(11-8-15)17(22)6-9-18/h2-5,15H,6-8,10-12H2,1H3,(H,19,21). The van der Waals surface area contributed by atoms with Crippen molar-refractivity contribution >= 4 is 11.8 Å². The second kappa shape index (κ2) is 7.60. The van der Waals surface area contributed by atoms with Gasteiger partial charge in [-0.3, -0.25) is 9.59 Å². The molecule has 2 amide bonds. The van der Waals surface area contributed by atoms with Crippen LogP contribution >= 0.6 is 0 Å². The Balaban J connectivity index is 1.79. The van der Waals surface area contributed by atoms with Gasteiger partial charge in [-0.15, -0.1) is 0 Å². The van der Waals surface area contributed by atoms with E-state index in [1.54, 1.807) is 4.90 Å². The molecule has 1 saturated heterocycles. The zero-order valence-corrected chi connectivity index (χ0v) is 12.8. The molecule has 1 aromatic rings. The van der Waals surface area contributed by atoms with Crippen LogP contribution in [0, 0.1) is 18.3 Å². The number of rotatable bonds is 4. The molecule has 1 heterocycles. The van der Waals surface area contributed by atoms with Crippen LogP contribution in [0.25, 0.3) is 0 Å². The molecule has 0 spiro atoms. The molecular formula is C17H21N3O2. The fourth-order valence-corrected chi connectivity index (χ4v) is 2.71. The number of nitriles is 1. The maximum Gasteiger partial charge on any atom is 0.236 e. The highest BCUT2D eigenvalue weighted by atomic mass is 16.2. The quantitative estimate of drug-likeness (QED) is 0.917. The number of nitrogens with zero attached hydrogens (tertiary/aromatic N) is 2. The second-order valence-electron chi connectivity index (χ2n) is 5.66. The third-order valence-electron chi connectivity index (χ3n) is 4.06. The van der Waals surface area contributed by atoms with Crippen LogP contribution in [0.4, 0.5) is 0 Å². The smallest absolute Gasteiger partial charge is 0.236 e. The minimum atomic E-state index is -0.118. The van der Waals surface area contributed by atoms with E-state index in [0.717, 1.165) is 24.0 Å². The van der Waals surface area contributed by atoms with Gasteiger partial charge in [0.25, 0.3) is 0 Å². The van der Waals surface area contributed by atoms with Crippen LogP contribution in [0.15, 0.2) is 24.3 Å². The molecule has 1 aromatic carbocycles. The van der Waals surface area contributed by atoms with Crippen molar-refractivity contribution in [1.82, 2.24) is 10.2 Å². The second-order valence-corrected chi connectivity index (χ2v) is 5.66. The average molecular weight is 299 g/mol. The Kier molecular flexibility index (Phi) is 5.54. The zero-order valence-electron chi connectivity index (χ0n) is 12.8. The molecule has 1 N–H and O–H groups in total. The molecule has 1 fully saturated rings. The number of hydrogen-bond acceptors (Lipinski definition) is 3. The van der Waals surface area contributed by atoms with Gasteiger partial charge in [-0.25, -0.2) is 0 Å². The van der Waals surface area contributed by atoms with E-state index in [0.29, 0.717) is 19.5 Å². The summed E-state index contributed by atoms with van der Waals surface area (Å²) in [5, 5.41) is 11.6. The highest BCUT2D eigenvalue weighted by molar-refractivity contribution is 5.80. The van der Waals surface area contributed by atoms with E-state index in [1.165, 1.54) is 0 Å². The number of carbonyl (C=O) groups is 2. The van der Waals surface area contributed by atoms with E-state index in [1.807, 2.05) is 37.3 Å². The molecule has 1 aliphatic rings. The lowest BCUT2D eigenvalue weighted by Crippen LogP contribution is -2.46. The van der Waals surface area contributed by atoms with E-state index in [4.69, 9.17) is 5.26 Å². The molecule has 116 valence electrons. The van der Waals surface area contributed by atoms with Crippen molar-refractivity contribution in [1.29, 1.82) is 5.26 Å². The molecule has 0 atom stereocenters. The molecule has 5 heteroatoms. The highest BCUT2D eigenvalue weighted by Gasteiger charge is 2.23. The zero-order chi connectivity index (χ0) is 15.9. The minimum absolute atomic E-state index is 0.0242. The molecule has 0 unspecified atom stereocenters. The lowest BCUT2D eigenvalue weighted by atomic mass is 10.0. The van der Waals surface area contributed by atoms with Crippen LogP contribution in [0.3, 0.4) is 0 Å². The van der Waals surface area contributed by atoms with Gasteiger partial charge in [-0.1, -0.05) is 24.3 Å². The Labute approximate surface area is 130 Å². The third-order valence-corrected chi connectivity index (χ3v) is 4.06. The molecule has 5 nitrogen and oxygen atoms in total. The molecule has 0 saturated carbocycles. The Morgan fingerprint density at radius 1 is 1.32 bits per heavy atom. The minimum Gasteiger partial charge on any atom is -0.353 e. The van der Waals surface area contributed by atoms with Crippen molar-refractivity contribution in [3.63, 3.8) is 0 Å². The van der Waals surface area contributed by atoms with Crippen molar-refractivity contribution in [2.24, 2.45) is 0 Å². The maximum absolute atomic E-state index is 12.1. The highest BCUT2D eigenvalue weighted by Crippen LogP contribution is 2.12. The van der Waals surface area contributed by atoms with E-state index in [9.17, 15) is 9.59 Å². The molecule has 0 aromatic heterocycles. The van der Waals surface area contributed by atoms with Gasteiger partial charge in [0, 0.05) is 19.1 Å². The Morgan fingerprint density at radius 3 is 2.64 bits per heavy atom. The number of benzene rings is 1. The van der Waals surface area contributed by atoms with Crippen molar-refractivity contribution in [2.75, 3.05) is 13.1 Å². The van der Waals surface area contributed by atoms with E-state index < -0.39 is 0 Å². The van der Waals surface area contributed by atoms with Gasteiger partial charge in [-0.2, -0.15) is 5.26 Å². The summed E-state index contributed by atoms with van der Waals surface area (Å²) < 4.78 is 0. The van der Waals surface area contributed by atoms with Crippen molar-refractivity contribution < 1.29 is 9.59 Å². The molecule has 0 bridgehead atoms. The van der Waals surface area contributed by atoms with Crippen LogP contribution < -0.4 is 5.32 Å². The van der Waals surface area contributed by atoms with Crippen molar-refractivity contribution in [2.45, 2.75) is 38.6 Å². The first kappa shape index (κ1) is 16.0. The average Bonchev–Trinajstić information content (AvgIpc) is 2.50. The summed E-state index contributed by atoms with van der Waals surface area (Å²) in [6, 6.07) is 9.87. The topological polar surface area (TPSA) is 73.2 Å². The number of hydrogen-bond donors (Lipinski definition) is 1. The fraction of sp³-hybridized carbons (Fsp3) is 0.471. The summed E-state index contributed by atoms with van der Waals surface area (Å²) in [4.78, 5) is 25.4. The molecular weight excluding hydrogens is 278 g/mol. The Morgan fingerprint density at radius 2 is 2.00 bits per heavy atom. The van der Waals surface area contributed by atoms with E-state index in [2.05, 4.69) is 5.32 Å². The molecule has 0 radical (unpaired) electrons. The first-order valence-corrected chi connectivity index (χ1v) is 7.58. The SMILES string of the molecule is Cc1ccccc1CC(=O)NC1CCN(C(=O)CC#N)CC1. The van der Waals surface area contributed by atoms with Gasteiger partial charge in [0.1, 0.15) is 6.42 Å². The number of amides is 2. The van der Waals surface area contributed by atoms with Gasteiger partial charge in [0.15, 0.2) is 0 Å². The van der Waals surface area contributed by atoms with Crippen LogP contribution in [-0.2, 0) is 16.0 Å². The number of aryl methyl sites for hydroxylation is 1. The number of piperidine rings is 1. The monoisotopic (exact) mass is 299 g/mol. The number of nitrogens with one attached hydrogen (secondary N) is 1. The van der Waals surface area contributed by atoms with Crippen LogP contribution in [0.2, 0.25) is 0 Å². The molecule has 22 heavy (non-hydrogen) atoms. The summed E-state index contributed by atoms with van der Waals surface area (Å²) in [5.74, 6) is -0.0942. The van der Waals surface area contributed by atoms with Crippen LogP contribution in [0.5, 0.6) is 0 Å². The Hall–Kier alpha value is -2.35. The van der Waals surface area contributed by atoms with E-state index in [-0.39, 0.29) is 24.3 Å². The van der Waals surface area contributed by atoms with E-state index >= 15 is 0 Å². The normalized spacial score (nSPS) is 15.2. The first-order chi connectivity index (χ1) is 10.6. The van der Waals surface area contributed by atoms with Crippen LogP contribution in [0.1, 0.15) is 30.4 Å². The molecule has 1 aliphatic heterocycles. The number of carbonyl (C=O) groups excluding carboxylic acids is 2. The predicted octanol–water partition coefficient (Wildman–Crippen LogP) is 1.56. The van der Waals surface area contributed by atoms with Gasteiger partial charge in [0.05, 0.1) is 12.5 Å². The molecule has 0 aliphatic carbocycles. The fourth-order valence-electron chi connectivity index (χ4n) is 2.71. The summed E-state index contributed by atoms with van der Waals surface area (Å²) in [6.07, 6.45) is 1.82. The van der Waals surface area contributed by atoms with Gasteiger partial charge >= 0.3 is 0 Å². The van der Waals surface area contributed by atoms with Gasteiger partial charge in [-0.05, 0) is 30.9 Å². The van der Waals surface area contributed by atoms with Gasteiger partial charge < -0.3 is 10.2 Å². The lowest BCUT2D eigenvalue weighted by molar-refractivity contribution is -0.131. The summed E-state index contributed by atoms with van der Waals surface area (Å²) >= 11 is 0. The Bertz CT molecular complexity index is 584. The van der Waals surface area contributed by atoms with Gasteiger partial charge in [0.2, 0.25) is 11.8 Å². The molecule has 2 rings (SSSR count). The maximum atomic E-state index is 12.1. The lowest BCUT2D eigenvalue weighted by Gasteiger charge is -2.32. The largest absolute Gasteiger partial charge is 0.353 e. The predicted molar refractivity (Wildman–Crippen MR) is 82.9 cm³/mol. The summed E-state index contributed by atoms with van der Waals surface area (Å²) in [6.45, 7) is 3.22. The third kappa shape index (κ3) is 4.32. The van der Waals surface area contributed by atoms with Crippen molar-refractivity contribution in [3.05, 3.63) is 35.4 Å². The number of likely N-dealkylation sites (tertiary alicyclic amines) is 1. The first-order valence-electron chi connectivity index (χ1n) is 7.58. The van der Waals surface area contributed by atoms with Crippen LogP contribution in [-0.4, -0.2) is 35.8 Å². The van der Waals surface area contributed by atoms with Crippen molar-refractivity contribution in [3.8, 4) is 6.07 Å². The summed E-state index contributed by atoms with van der Waals surface area (Å²) in [7, 11) is 0.